The van der Waals surface area contributed by atoms with Gasteiger partial charge in [0.1, 0.15) is 16.9 Å². The number of benzene rings is 1. The minimum Gasteiger partial charge on any atom is -0.506 e. The molecule has 2 N–H and O–H groups in total. The molecule has 5 nitrogen and oxygen atoms in total. The third-order valence-corrected chi connectivity index (χ3v) is 2.30. The quantitative estimate of drug-likeness (QED) is 0.667. The van der Waals surface area contributed by atoms with Crippen LogP contribution >= 0.6 is 0 Å². The van der Waals surface area contributed by atoms with E-state index in [2.05, 4.69) is 0 Å². The van der Waals surface area contributed by atoms with Gasteiger partial charge in [0.25, 0.3) is 0 Å². The lowest BCUT2D eigenvalue weighted by atomic mass is 9.98. The number of esters is 1. The zero-order valence-corrected chi connectivity index (χ0v) is 7.69. The molecule has 0 amide bonds. The van der Waals surface area contributed by atoms with Gasteiger partial charge in [0.05, 0.1) is 6.61 Å². The van der Waals surface area contributed by atoms with Gasteiger partial charge in [0.15, 0.2) is 0 Å². The van der Waals surface area contributed by atoms with E-state index in [1.807, 2.05) is 0 Å². The molecule has 0 fully saturated rings. The number of aromatic carboxylic acids is 1. The summed E-state index contributed by atoms with van der Waals surface area (Å²) in [6.45, 7) is 0.262. The van der Waals surface area contributed by atoms with Crippen molar-refractivity contribution in [2.45, 2.75) is 6.42 Å². The SMILES string of the molecule is O=C(O)c1ccc2c(c1O)C(=O)OCC2. The molecule has 78 valence electrons. The number of carboxylic acid groups (broad SMARTS) is 1. The van der Waals surface area contributed by atoms with Gasteiger partial charge >= 0.3 is 11.9 Å². The number of fused-ring (bicyclic) bond motifs is 1. The highest BCUT2D eigenvalue weighted by molar-refractivity contribution is 6.00. The Morgan fingerprint density at radius 1 is 1.40 bits per heavy atom. The van der Waals surface area contributed by atoms with E-state index in [1.54, 1.807) is 0 Å². The molecule has 0 radical (unpaired) electrons. The van der Waals surface area contributed by atoms with Crippen LogP contribution in [0.1, 0.15) is 26.3 Å². The van der Waals surface area contributed by atoms with E-state index >= 15 is 0 Å². The zero-order chi connectivity index (χ0) is 11.0. The molecule has 0 saturated carbocycles. The normalized spacial score (nSPS) is 14.3. The van der Waals surface area contributed by atoms with Crippen molar-refractivity contribution in [2.24, 2.45) is 0 Å². The van der Waals surface area contributed by atoms with Crippen LogP contribution in [-0.2, 0) is 11.2 Å². The Kier molecular flexibility index (Phi) is 2.07. The highest BCUT2D eigenvalue weighted by atomic mass is 16.5. The van der Waals surface area contributed by atoms with Crippen molar-refractivity contribution in [2.75, 3.05) is 6.61 Å². The molecular formula is C10H8O5. The Bertz CT molecular complexity index is 449. The average molecular weight is 208 g/mol. The number of cyclic esters (lactones) is 1. The summed E-state index contributed by atoms with van der Waals surface area (Å²) in [6.07, 6.45) is 0.495. The van der Waals surface area contributed by atoms with Crippen molar-refractivity contribution >= 4 is 11.9 Å². The highest BCUT2D eigenvalue weighted by Gasteiger charge is 2.26. The van der Waals surface area contributed by atoms with Gasteiger partial charge in [-0.25, -0.2) is 9.59 Å². The van der Waals surface area contributed by atoms with E-state index in [-0.39, 0.29) is 17.7 Å². The number of aromatic hydroxyl groups is 1. The summed E-state index contributed by atoms with van der Waals surface area (Å²) in [5.41, 5.74) is 0.308. The van der Waals surface area contributed by atoms with E-state index in [0.29, 0.717) is 12.0 Å². The second kappa shape index (κ2) is 3.27. The molecule has 0 atom stereocenters. The molecule has 0 aromatic heterocycles. The first-order valence-electron chi connectivity index (χ1n) is 4.36. The summed E-state index contributed by atoms with van der Waals surface area (Å²) < 4.78 is 4.73. The van der Waals surface area contributed by atoms with Gasteiger partial charge in [-0.3, -0.25) is 0 Å². The molecule has 0 unspecified atom stereocenters. The topological polar surface area (TPSA) is 83.8 Å². The molecule has 5 heteroatoms. The van der Waals surface area contributed by atoms with E-state index < -0.39 is 17.7 Å². The van der Waals surface area contributed by atoms with Gasteiger partial charge in [-0.2, -0.15) is 0 Å². The second-order valence-electron chi connectivity index (χ2n) is 3.19. The van der Waals surface area contributed by atoms with Crippen molar-refractivity contribution in [3.8, 4) is 5.75 Å². The Morgan fingerprint density at radius 3 is 2.80 bits per heavy atom. The van der Waals surface area contributed by atoms with Crippen molar-refractivity contribution in [1.29, 1.82) is 0 Å². The van der Waals surface area contributed by atoms with Crippen LogP contribution < -0.4 is 0 Å². The lowest BCUT2D eigenvalue weighted by Gasteiger charge is -2.17. The summed E-state index contributed by atoms with van der Waals surface area (Å²) >= 11 is 0. The molecule has 1 aromatic carbocycles. The first-order chi connectivity index (χ1) is 7.11. The number of phenols is 1. The van der Waals surface area contributed by atoms with E-state index in [0.717, 1.165) is 0 Å². The molecule has 1 heterocycles. The van der Waals surface area contributed by atoms with E-state index in [4.69, 9.17) is 9.84 Å². The van der Waals surface area contributed by atoms with Crippen LogP contribution in [0.5, 0.6) is 5.75 Å². The molecule has 2 rings (SSSR count). The molecule has 1 aliphatic heterocycles. The molecule has 1 aromatic rings. The Morgan fingerprint density at radius 2 is 2.13 bits per heavy atom. The largest absolute Gasteiger partial charge is 0.506 e. The monoisotopic (exact) mass is 208 g/mol. The molecule has 15 heavy (non-hydrogen) atoms. The third kappa shape index (κ3) is 1.41. The standard InChI is InChI=1S/C10H8O5/c11-8-6(9(12)13)2-1-5-3-4-15-10(14)7(5)8/h1-2,11H,3-4H2,(H,12,13). The summed E-state index contributed by atoms with van der Waals surface area (Å²) in [5, 5.41) is 18.3. The molecule has 1 aliphatic rings. The maximum Gasteiger partial charge on any atom is 0.342 e. The van der Waals surface area contributed by atoms with Crippen LogP contribution in [0.25, 0.3) is 0 Å². The van der Waals surface area contributed by atoms with Crippen molar-refractivity contribution < 1.29 is 24.5 Å². The number of carbonyl (C=O) groups is 2. The summed E-state index contributed by atoms with van der Waals surface area (Å²) in [5.74, 6) is -2.45. The first kappa shape index (κ1) is 9.51. The van der Waals surface area contributed by atoms with Crippen molar-refractivity contribution in [1.82, 2.24) is 0 Å². The third-order valence-electron chi connectivity index (χ3n) is 2.30. The number of carbonyl (C=O) groups excluding carboxylic acids is 1. The Labute approximate surface area is 84.9 Å². The van der Waals surface area contributed by atoms with Gasteiger partial charge in [0.2, 0.25) is 0 Å². The summed E-state index contributed by atoms with van der Waals surface area (Å²) in [4.78, 5) is 22.0. The number of rotatable bonds is 1. The van der Waals surface area contributed by atoms with Gasteiger partial charge in [-0.15, -0.1) is 0 Å². The minimum absolute atomic E-state index is 0.0267. The Balaban J connectivity index is 2.64. The predicted octanol–water partition coefficient (Wildman–Crippen LogP) is 0.803. The number of ether oxygens (including phenoxy) is 1. The fourth-order valence-corrected chi connectivity index (χ4v) is 1.57. The van der Waals surface area contributed by atoms with Crippen LogP contribution in [-0.4, -0.2) is 28.8 Å². The van der Waals surface area contributed by atoms with Crippen molar-refractivity contribution in [3.05, 3.63) is 28.8 Å². The smallest absolute Gasteiger partial charge is 0.342 e. The molecule has 0 bridgehead atoms. The predicted molar refractivity (Wildman–Crippen MR) is 49.1 cm³/mol. The summed E-state index contributed by atoms with van der Waals surface area (Å²) in [6, 6.07) is 2.81. The number of hydrogen-bond donors (Lipinski definition) is 2. The lowest BCUT2D eigenvalue weighted by Crippen LogP contribution is -2.18. The zero-order valence-electron chi connectivity index (χ0n) is 7.69. The molecule has 0 spiro atoms. The first-order valence-corrected chi connectivity index (χ1v) is 4.36. The van der Waals surface area contributed by atoms with Crippen LogP contribution in [0.4, 0.5) is 0 Å². The van der Waals surface area contributed by atoms with Gasteiger partial charge in [-0.05, 0) is 11.6 Å². The van der Waals surface area contributed by atoms with Gasteiger partial charge in [-0.1, -0.05) is 6.07 Å². The fraction of sp³-hybridized carbons (Fsp3) is 0.200. The minimum atomic E-state index is -1.27. The second-order valence-corrected chi connectivity index (χ2v) is 3.19. The van der Waals surface area contributed by atoms with Gasteiger partial charge < -0.3 is 14.9 Å². The number of hydrogen-bond acceptors (Lipinski definition) is 4. The maximum atomic E-state index is 11.3. The fourth-order valence-electron chi connectivity index (χ4n) is 1.57. The van der Waals surface area contributed by atoms with E-state index in [1.165, 1.54) is 12.1 Å². The highest BCUT2D eigenvalue weighted by Crippen LogP contribution is 2.29. The average Bonchev–Trinajstić information content (AvgIpc) is 2.17. The molecule has 0 aliphatic carbocycles. The van der Waals surface area contributed by atoms with E-state index in [9.17, 15) is 14.7 Å². The van der Waals surface area contributed by atoms with Crippen LogP contribution in [0.2, 0.25) is 0 Å². The van der Waals surface area contributed by atoms with Crippen LogP contribution in [0.15, 0.2) is 12.1 Å². The Hall–Kier alpha value is -2.04. The summed E-state index contributed by atoms with van der Waals surface area (Å²) in [7, 11) is 0. The van der Waals surface area contributed by atoms with Crippen molar-refractivity contribution in [3.63, 3.8) is 0 Å². The molecular weight excluding hydrogens is 200 g/mol. The van der Waals surface area contributed by atoms with Gasteiger partial charge in [0, 0.05) is 6.42 Å². The van der Waals surface area contributed by atoms with Crippen LogP contribution in [0, 0.1) is 0 Å². The number of carboxylic acids is 1. The molecule has 0 saturated heterocycles. The maximum absolute atomic E-state index is 11.3. The lowest BCUT2D eigenvalue weighted by molar-refractivity contribution is 0.0476. The van der Waals surface area contributed by atoms with Crippen LogP contribution in [0.3, 0.4) is 0 Å².